The Labute approximate surface area is 162 Å². The van der Waals surface area contributed by atoms with E-state index in [1.807, 2.05) is 30.3 Å². The standard InChI is InChI=1S/C22H19NO5/c1-27-20-18(8-5-9-19(20)21(24)25)16-10-12-17(13-11-16)23-22(26)28-14-15-6-3-2-4-7-15/h2-13H,14H2,1H3,(H,23,26)(H,24,25). The largest absolute Gasteiger partial charge is 0.495 e. The van der Waals surface area contributed by atoms with Crippen molar-refractivity contribution in [1.29, 1.82) is 0 Å². The summed E-state index contributed by atoms with van der Waals surface area (Å²) in [6.45, 7) is 0.184. The molecule has 0 saturated carbocycles. The highest BCUT2D eigenvalue weighted by Gasteiger charge is 2.15. The molecule has 0 aliphatic rings. The molecule has 0 aromatic heterocycles. The van der Waals surface area contributed by atoms with Crippen LogP contribution in [0.1, 0.15) is 15.9 Å². The third-order valence-corrected chi connectivity index (χ3v) is 4.10. The maximum Gasteiger partial charge on any atom is 0.411 e. The molecule has 0 atom stereocenters. The van der Waals surface area contributed by atoms with Crippen LogP contribution in [0.25, 0.3) is 11.1 Å². The summed E-state index contributed by atoms with van der Waals surface area (Å²) in [6.07, 6.45) is -0.554. The molecule has 3 rings (SSSR count). The van der Waals surface area contributed by atoms with Crippen molar-refractivity contribution in [3.05, 3.63) is 83.9 Å². The minimum atomic E-state index is -1.06. The normalized spacial score (nSPS) is 10.2. The number of carboxylic acids is 1. The fraction of sp³-hybridized carbons (Fsp3) is 0.0909. The number of aromatic carboxylic acids is 1. The van der Waals surface area contributed by atoms with Crippen molar-refractivity contribution in [2.75, 3.05) is 12.4 Å². The van der Waals surface area contributed by atoms with E-state index in [0.29, 0.717) is 11.3 Å². The number of hydrogen-bond donors (Lipinski definition) is 2. The summed E-state index contributed by atoms with van der Waals surface area (Å²) in [6, 6.07) is 21.3. The van der Waals surface area contributed by atoms with Crippen LogP contribution in [0.4, 0.5) is 10.5 Å². The molecule has 6 nitrogen and oxygen atoms in total. The SMILES string of the molecule is COc1c(C(=O)O)cccc1-c1ccc(NC(=O)OCc2ccccc2)cc1. The first-order valence-corrected chi connectivity index (χ1v) is 8.57. The van der Waals surface area contributed by atoms with Gasteiger partial charge in [-0.25, -0.2) is 9.59 Å². The van der Waals surface area contributed by atoms with Crippen molar-refractivity contribution in [3.8, 4) is 16.9 Å². The summed E-state index contributed by atoms with van der Waals surface area (Å²) in [5.74, 6) is -0.767. The predicted octanol–water partition coefficient (Wildman–Crippen LogP) is 4.81. The number of amides is 1. The van der Waals surface area contributed by atoms with E-state index in [1.165, 1.54) is 13.2 Å². The molecule has 1 amide bonds. The Balaban J connectivity index is 1.69. The lowest BCUT2D eigenvalue weighted by atomic mass is 10.0. The molecule has 3 aromatic rings. The van der Waals surface area contributed by atoms with E-state index >= 15 is 0 Å². The number of hydrogen-bond acceptors (Lipinski definition) is 4. The van der Waals surface area contributed by atoms with Crippen LogP contribution < -0.4 is 10.1 Å². The van der Waals surface area contributed by atoms with Crippen LogP contribution in [0.2, 0.25) is 0 Å². The molecule has 0 radical (unpaired) electrons. The molecule has 0 bridgehead atoms. The molecule has 0 spiro atoms. The van der Waals surface area contributed by atoms with E-state index in [0.717, 1.165) is 11.1 Å². The number of anilines is 1. The van der Waals surface area contributed by atoms with Gasteiger partial charge < -0.3 is 14.6 Å². The summed E-state index contributed by atoms with van der Waals surface area (Å²) >= 11 is 0. The van der Waals surface area contributed by atoms with Gasteiger partial charge in [0.05, 0.1) is 7.11 Å². The van der Waals surface area contributed by atoms with Gasteiger partial charge in [0.15, 0.2) is 0 Å². The Morgan fingerprint density at radius 1 is 0.929 bits per heavy atom. The lowest BCUT2D eigenvalue weighted by Crippen LogP contribution is -2.13. The van der Waals surface area contributed by atoms with Gasteiger partial charge in [-0.1, -0.05) is 54.6 Å². The van der Waals surface area contributed by atoms with Gasteiger partial charge in [0.2, 0.25) is 0 Å². The highest BCUT2D eigenvalue weighted by atomic mass is 16.5. The maximum absolute atomic E-state index is 11.9. The van der Waals surface area contributed by atoms with Gasteiger partial charge in [-0.2, -0.15) is 0 Å². The van der Waals surface area contributed by atoms with Gasteiger partial charge in [-0.15, -0.1) is 0 Å². The molecule has 0 aliphatic carbocycles. The summed E-state index contributed by atoms with van der Waals surface area (Å²) in [5.41, 5.74) is 2.98. The molecule has 0 saturated heterocycles. The van der Waals surface area contributed by atoms with Crippen molar-refractivity contribution in [2.24, 2.45) is 0 Å². The summed E-state index contributed by atoms with van der Waals surface area (Å²) in [7, 11) is 1.43. The van der Waals surface area contributed by atoms with Gasteiger partial charge in [0, 0.05) is 11.3 Å². The van der Waals surface area contributed by atoms with Crippen molar-refractivity contribution in [2.45, 2.75) is 6.61 Å². The van der Waals surface area contributed by atoms with E-state index < -0.39 is 12.1 Å². The van der Waals surface area contributed by atoms with Gasteiger partial charge >= 0.3 is 12.1 Å². The Morgan fingerprint density at radius 3 is 2.29 bits per heavy atom. The zero-order chi connectivity index (χ0) is 19.9. The zero-order valence-corrected chi connectivity index (χ0v) is 15.2. The number of para-hydroxylation sites is 1. The minimum absolute atomic E-state index is 0.0895. The topological polar surface area (TPSA) is 84.9 Å². The lowest BCUT2D eigenvalue weighted by molar-refractivity contribution is 0.0693. The fourth-order valence-electron chi connectivity index (χ4n) is 2.76. The van der Waals surface area contributed by atoms with Gasteiger partial charge in [-0.3, -0.25) is 5.32 Å². The molecule has 0 aliphatic heterocycles. The highest BCUT2D eigenvalue weighted by molar-refractivity contribution is 5.94. The number of nitrogens with one attached hydrogen (secondary N) is 1. The van der Waals surface area contributed by atoms with Gasteiger partial charge in [-0.05, 0) is 29.3 Å². The smallest absolute Gasteiger partial charge is 0.411 e. The number of methoxy groups -OCH3 is 1. The molecular weight excluding hydrogens is 358 g/mol. The van der Waals surface area contributed by atoms with E-state index in [-0.39, 0.29) is 17.9 Å². The molecular formula is C22H19NO5. The second kappa shape index (κ2) is 8.73. The van der Waals surface area contributed by atoms with Gasteiger partial charge in [0.1, 0.15) is 17.9 Å². The predicted molar refractivity (Wildman–Crippen MR) is 106 cm³/mol. The molecule has 0 fully saturated rings. The number of carbonyl (C=O) groups excluding carboxylic acids is 1. The zero-order valence-electron chi connectivity index (χ0n) is 15.2. The first-order valence-electron chi connectivity index (χ1n) is 8.57. The molecule has 2 N–H and O–H groups in total. The third-order valence-electron chi connectivity index (χ3n) is 4.10. The second-order valence-corrected chi connectivity index (χ2v) is 5.96. The van der Waals surface area contributed by atoms with Crippen LogP contribution in [0.5, 0.6) is 5.75 Å². The van der Waals surface area contributed by atoms with Crippen molar-refractivity contribution in [3.63, 3.8) is 0 Å². The van der Waals surface area contributed by atoms with Crippen LogP contribution in [0.15, 0.2) is 72.8 Å². The molecule has 3 aromatic carbocycles. The van der Waals surface area contributed by atoms with Crippen molar-refractivity contribution >= 4 is 17.7 Å². The van der Waals surface area contributed by atoms with Crippen LogP contribution >= 0.6 is 0 Å². The molecule has 6 heteroatoms. The Kier molecular flexibility index (Phi) is 5.91. The second-order valence-electron chi connectivity index (χ2n) is 5.96. The summed E-state index contributed by atoms with van der Waals surface area (Å²) in [5, 5.41) is 12.0. The third kappa shape index (κ3) is 4.48. The minimum Gasteiger partial charge on any atom is -0.495 e. The first-order chi connectivity index (χ1) is 13.6. The Bertz CT molecular complexity index is 968. The van der Waals surface area contributed by atoms with Crippen LogP contribution in [0.3, 0.4) is 0 Å². The number of ether oxygens (including phenoxy) is 2. The maximum atomic E-state index is 11.9. The van der Waals surface area contributed by atoms with Crippen LogP contribution in [-0.2, 0) is 11.3 Å². The number of rotatable bonds is 6. The Hall–Kier alpha value is -3.80. The number of benzene rings is 3. The van der Waals surface area contributed by atoms with E-state index in [4.69, 9.17) is 9.47 Å². The number of carboxylic acid groups (broad SMARTS) is 1. The summed E-state index contributed by atoms with van der Waals surface area (Å²) in [4.78, 5) is 23.3. The molecule has 0 heterocycles. The highest BCUT2D eigenvalue weighted by Crippen LogP contribution is 2.33. The first kappa shape index (κ1) is 19.0. The van der Waals surface area contributed by atoms with E-state index in [1.54, 1.807) is 36.4 Å². The molecule has 0 unspecified atom stereocenters. The van der Waals surface area contributed by atoms with E-state index in [2.05, 4.69) is 5.32 Å². The van der Waals surface area contributed by atoms with Gasteiger partial charge in [0.25, 0.3) is 0 Å². The molecule has 142 valence electrons. The summed E-state index contributed by atoms with van der Waals surface area (Å²) < 4.78 is 10.5. The lowest BCUT2D eigenvalue weighted by Gasteiger charge is -2.12. The monoisotopic (exact) mass is 377 g/mol. The van der Waals surface area contributed by atoms with Crippen molar-refractivity contribution < 1.29 is 24.2 Å². The Morgan fingerprint density at radius 2 is 1.64 bits per heavy atom. The van der Waals surface area contributed by atoms with Crippen LogP contribution in [0, 0.1) is 0 Å². The van der Waals surface area contributed by atoms with E-state index in [9.17, 15) is 14.7 Å². The average Bonchev–Trinajstić information content (AvgIpc) is 2.73. The van der Waals surface area contributed by atoms with Crippen LogP contribution in [-0.4, -0.2) is 24.3 Å². The number of carbonyl (C=O) groups is 2. The fourth-order valence-corrected chi connectivity index (χ4v) is 2.76. The quantitative estimate of drug-likeness (QED) is 0.644. The van der Waals surface area contributed by atoms with Crippen molar-refractivity contribution in [1.82, 2.24) is 0 Å². The molecule has 28 heavy (non-hydrogen) atoms. The average molecular weight is 377 g/mol.